The lowest BCUT2D eigenvalue weighted by Gasteiger charge is -2.22. The average molecular weight is 508 g/mol. The highest BCUT2D eigenvalue weighted by Crippen LogP contribution is 2.38. The lowest BCUT2D eigenvalue weighted by atomic mass is 9.94. The highest BCUT2D eigenvalue weighted by atomic mass is 79.9. The van der Waals surface area contributed by atoms with Gasteiger partial charge in [0, 0.05) is 5.57 Å². The van der Waals surface area contributed by atoms with Crippen molar-refractivity contribution < 1.29 is 20.4 Å². The number of phenols is 1. The third-order valence-electron chi connectivity index (χ3n) is 4.06. The molecule has 2 unspecified atom stereocenters. The van der Waals surface area contributed by atoms with Gasteiger partial charge in [-0.15, -0.1) is 0 Å². The highest BCUT2D eigenvalue weighted by Gasteiger charge is 2.29. The summed E-state index contributed by atoms with van der Waals surface area (Å²) in [5, 5.41) is 42.9. The van der Waals surface area contributed by atoms with Gasteiger partial charge in [-0.25, -0.2) is 9.97 Å². The van der Waals surface area contributed by atoms with Crippen molar-refractivity contribution in [3.8, 4) is 5.75 Å². The summed E-state index contributed by atoms with van der Waals surface area (Å²) in [6.07, 6.45) is -2.90. The van der Waals surface area contributed by atoms with E-state index < -0.39 is 18.0 Å². The highest BCUT2D eigenvalue weighted by molar-refractivity contribution is 9.10. The van der Waals surface area contributed by atoms with Gasteiger partial charge in [-0.05, 0) is 68.3 Å². The summed E-state index contributed by atoms with van der Waals surface area (Å²) in [6.45, 7) is 0. The van der Waals surface area contributed by atoms with Crippen LogP contribution >= 0.6 is 31.9 Å². The Balaban J connectivity index is 2.18. The van der Waals surface area contributed by atoms with E-state index in [1.807, 2.05) is 0 Å². The van der Waals surface area contributed by atoms with Crippen LogP contribution in [0.5, 0.6) is 5.75 Å². The summed E-state index contributed by atoms with van der Waals surface area (Å²) in [4.78, 5) is 8.41. The van der Waals surface area contributed by atoms with Gasteiger partial charge in [-0.1, -0.05) is 24.3 Å². The van der Waals surface area contributed by atoms with Crippen molar-refractivity contribution in [2.45, 2.75) is 12.2 Å². The maximum atomic E-state index is 10.9. The average Bonchev–Trinajstić information content (AvgIpc) is 2.68. The van der Waals surface area contributed by atoms with Gasteiger partial charge >= 0.3 is 0 Å². The van der Waals surface area contributed by atoms with Crippen molar-refractivity contribution >= 4 is 37.6 Å². The number of aliphatic hydroxyl groups is 3. The number of phenolic OH excluding ortho intramolecular Hbond substituents is 1. The van der Waals surface area contributed by atoms with Crippen LogP contribution in [0.15, 0.2) is 75.4 Å². The van der Waals surface area contributed by atoms with Crippen LogP contribution in [0.3, 0.4) is 0 Å². The van der Waals surface area contributed by atoms with E-state index in [9.17, 15) is 20.4 Å². The number of hydrogen-bond donors (Lipinski definition) is 4. The zero-order valence-electron chi connectivity index (χ0n) is 14.4. The van der Waals surface area contributed by atoms with E-state index in [1.54, 1.807) is 48.5 Å². The van der Waals surface area contributed by atoms with Gasteiger partial charge in [0.05, 0.1) is 17.0 Å². The first-order chi connectivity index (χ1) is 13.4. The first-order valence-electron chi connectivity index (χ1n) is 8.21. The molecule has 0 saturated heterocycles. The van der Waals surface area contributed by atoms with Gasteiger partial charge in [0.25, 0.3) is 0 Å². The minimum Gasteiger partial charge on any atom is -0.507 e. The van der Waals surface area contributed by atoms with Crippen LogP contribution in [0.2, 0.25) is 0 Å². The largest absolute Gasteiger partial charge is 0.507 e. The van der Waals surface area contributed by atoms with Crippen molar-refractivity contribution in [3.63, 3.8) is 0 Å². The van der Waals surface area contributed by atoms with Gasteiger partial charge in [-0.2, -0.15) is 0 Å². The zero-order valence-corrected chi connectivity index (χ0v) is 17.5. The standard InChI is InChI=1S/C20H16Br2N2O4/c21-15-9-3-6-12(23-15)19(27)17(18(26)11-5-1-2-8-14(11)25)20(28)13-7-4-10-16(22)24-13/h1-10,19-20,25-28H. The number of nitrogens with zero attached hydrogens (tertiary/aromatic N) is 2. The molecule has 0 saturated carbocycles. The van der Waals surface area contributed by atoms with Gasteiger partial charge in [-0.3, -0.25) is 0 Å². The predicted molar refractivity (Wildman–Crippen MR) is 111 cm³/mol. The molecule has 0 aliphatic carbocycles. The number of para-hydroxylation sites is 1. The summed E-state index contributed by atoms with van der Waals surface area (Å²) < 4.78 is 0.973. The molecule has 2 aromatic heterocycles. The fraction of sp³-hybridized carbons (Fsp3) is 0.100. The van der Waals surface area contributed by atoms with Crippen LogP contribution in [-0.2, 0) is 0 Å². The molecule has 0 radical (unpaired) electrons. The minimum atomic E-state index is -1.45. The van der Waals surface area contributed by atoms with Crippen molar-refractivity contribution in [3.05, 3.63) is 92.4 Å². The molecule has 0 fully saturated rings. The van der Waals surface area contributed by atoms with Crippen molar-refractivity contribution in [2.24, 2.45) is 0 Å². The van der Waals surface area contributed by atoms with Crippen LogP contribution in [0, 0.1) is 0 Å². The Bertz CT molecular complexity index is 973. The maximum absolute atomic E-state index is 10.9. The molecule has 28 heavy (non-hydrogen) atoms. The molecule has 0 aliphatic rings. The third kappa shape index (κ3) is 4.41. The second kappa shape index (κ2) is 8.83. The monoisotopic (exact) mass is 506 g/mol. The molecule has 0 aliphatic heterocycles. The van der Waals surface area contributed by atoms with Crippen molar-refractivity contribution in [2.75, 3.05) is 0 Å². The summed E-state index contributed by atoms with van der Waals surface area (Å²) in [5.41, 5.74) is 0.332. The number of hydrogen-bond acceptors (Lipinski definition) is 6. The van der Waals surface area contributed by atoms with Crippen LogP contribution in [0.1, 0.15) is 29.2 Å². The molecule has 8 heteroatoms. The van der Waals surface area contributed by atoms with E-state index in [2.05, 4.69) is 41.8 Å². The van der Waals surface area contributed by atoms with Crippen LogP contribution in [0.25, 0.3) is 5.76 Å². The summed E-state index contributed by atoms with van der Waals surface area (Å²) in [6, 6.07) is 16.0. The van der Waals surface area contributed by atoms with Gasteiger partial charge < -0.3 is 20.4 Å². The molecule has 0 spiro atoms. The predicted octanol–water partition coefficient (Wildman–Crippen LogP) is 4.44. The maximum Gasteiger partial charge on any atom is 0.131 e. The molecule has 2 atom stereocenters. The molecule has 6 nitrogen and oxygen atoms in total. The third-order valence-corrected chi connectivity index (χ3v) is 4.94. The van der Waals surface area contributed by atoms with Gasteiger partial charge in [0.2, 0.25) is 0 Å². The molecule has 4 N–H and O–H groups in total. The Labute approximate surface area is 178 Å². The molecular formula is C20H16Br2N2O4. The van der Waals surface area contributed by atoms with Crippen LogP contribution < -0.4 is 0 Å². The lowest BCUT2D eigenvalue weighted by molar-refractivity contribution is 0.137. The molecule has 0 amide bonds. The molecular weight excluding hydrogens is 492 g/mol. The van der Waals surface area contributed by atoms with Gasteiger partial charge in [0.1, 0.15) is 32.9 Å². The summed E-state index contributed by atoms with van der Waals surface area (Å²) >= 11 is 6.49. The molecule has 1 aromatic carbocycles. The smallest absolute Gasteiger partial charge is 0.131 e. The van der Waals surface area contributed by atoms with E-state index >= 15 is 0 Å². The summed E-state index contributed by atoms with van der Waals surface area (Å²) in [7, 11) is 0. The first kappa shape index (κ1) is 20.5. The van der Waals surface area contributed by atoms with E-state index in [1.165, 1.54) is 12.1 Å². The fourth-order valence-electron chi connectivity index (χ4n) is 2.71. The number of pyridine rings is 2. The fourth-order valence-corrected chi connectivity index (χ4v) is 3.42. The first-order valence-corrected chi connectivity index (χ1v) is 9.79. The van der Waals surface area contributed by atoms with E-state index in [0.29, 0.717) is 9.21 Å². The number of benzene rings is 1. The van der Waals surface area contributed by atoms with Gasteiger partial charge in [0.15, 0.2) is 0 Å². The number of halogens is 2. The van der Waals surface area contributed by atoms with Crippen LogP contribution in [-0.4, -0.2) is 30.4 Å². The zero-order chi connectivity index (χ0) is 20.3. The molecule has 3 rings (SSSR count). The number of rotatable bonds is 5. The Morgan fingerprint density at radius 3 is 1.71 bits per heavy atom. The quantitative estimate of drug-likeness (QED) is 0.300. The normalized spacial score (nSPS) is 13.0. The number of aromatic nitrogens is 2. The van der Waals surface area contributed by atoms with E-state index in [-0.39, 0.29) is 28.3 Å². The Morgan fingerprint density at radius 2 is 1.25 bits per heavy atom. The Kier molecular flexibility index (Phi) is 6.46. The van der Waals surface area contributed by atoms with Crippen molar-refractivity contribution in [1.82, 2.24) is 9.97 Å². The molecule has 2 heterocycles. The number of aromatic hydroxyl groups is 1. The molecule has 0 bridgehead atoms. The molecule has 3 aromatic rings. The topological polar surface area (TPSA) is 107 Å². The number of aliphatic hydroxyl groups excluding tert-OH is 3. The SMILES string of the molecule is OC(=C(C(O)c1cccc(Br)n1)C(O)c1cccc(Br)n1)c1ccccc1O. The Hall–Kier alpha value is -2.26. The molecule has 144 valence electrons. The minimum absolute atomic E-state index is 0.0700. The Morgan fingerprint density at radius 1 is 0.750 bits per heavy atom. The second-order valence-electron chi connectivity index (χ2n) is 5.90. The lowest BCUT2D eigenvalue weighted by Crippen LogP contribution is -2.15. The van der Waals surface area contributed by atoms with Crippen molar-refractivity contribution in [1.29, 1.82) is 0 Å². The second-order valence-corrected chi connectivity index (χ2v) is 7.52. The van der Waals surface area contributed by atoms with Crippen LogP contribution in [0.4, 0.5) is 0 Å². The summed E-state index contributed by atoms with van der Waals surface area (Å²) in [5.74, 6) is -0.650. The van der Waals surface area contributed by atoms with E-state index in [4.69, 9.17) is 0 Å². The van der Waals surface area contributed by atoms with E-state index in [0.717, 1.165) is 0 Å².